The number of amides is 1. The second-order valence-electron chi connectivity index (χ2n) is 6.92. The summed E-state index contributed by atoms with van der Waals surface area (Å²) < 4.78 is 16.1. The van der Waals surface area contributed by atoms with Crippen LogP contribution < -0.4 is 14.8 Å². The van der Waals surface area contributed by atoms with Gasteiger partial charge in [-0.2, -0.15) is 0 Å². The van der Waals surface area contributed by atoms with E-state index >= 15 is 0 Å². The zero-order valence-corrected chi connectivity index (χ0v) is 15.7. The molecule has 0 bridgehead atoms. The topological polar surface area (TPSA) is 73.6 Å². The minimum Gasteiger partial charge on any atom is -0.454 e. The molecule has 2 aromatic carbocycles. The van der Waals surface area contributed by atoms with Gasteiger partial charge >= 0.3 is 0 Å². The van der Waals surface area contributed by atoms with Gasteiger partial charge in [-0.15, -0.1) is 0 Å². The molecule has 1 atom stereocenters. The minimum absolute atomic E-state index is 0.0638. The molecule has 0 aliphatic carbocycles. The van der Waals surface area contributed by atoms with Gasteiger partial charge in [0.2, 0.25) is 12.7 Å². The van der Waals surface area contributed by atoms with Crippen molar-refractivity contribution >= 4 is 5.91 Å². The van der Waals surface area contributed by atoms with Crippen molar-refractivity contribution < 1.29 is 18.8 Å². The molecule has 1 N–H and O–H groups in total. The van der Waals surface area contributed by atoms with E-state index in [1.54, 1.807) is 6.07 Å². The third-order valence-corrected chi connectivity index (χ3v) is 4.67. The fourth-order valence-electron chi connectivity index (χ4n) is 3.17. The number of aryl methyl sites for hydroxylation is 1. The number of aromatic nitrogens is 1. The molecule has 144 valence electrons. The lowest BCUT2D eigenvalue weighted by Gasteiger charge is -2.13. The molecule has 0 saturated carbocycles. The Hall–Kier alpha value is -3.28. The lowest BCUT2D eigenvalue weighted by molar-refractivity contribution is -0.121. The molecule has 2 heterocycles. The first-order chi connectivity index (χ1) is 13.7. The van der Waals surface area contributed by atoms with Crippen LogP contribution in [-0.4, -0.2) is 23.9 Å². The SMILES string of the molecule is C[C@H](CCc1ccccc1)NC(=O)Cc1cc(-c2ccc3c(c2)OCO3)on1. The summed E-state index contributed by atoms with van der Waals surface area (Å²) in [5, 5.41) is 7.04. The first-order valence-corrected chi connectivity index (χ1v) is 9.36. The van der Waals surface area contributed by atoms with E-state index in [1.807, 2.05) is 43.3 Å². The van der Waals surface area contributed by atoms with Crippen molar-refractivity contribution in [1.82, 2.24) is 10.5 Å². The first-order valence-electron chi connectivity index (χ1n) is 9.36. The van der Waals surface area contributed by atoms with Crippen LogP contribution in [0.2, 0.25) is 0 Å². The first kappa shape index (κ1) is 18.1. The van der Waals surface area contributed by atoms with Gasteiger partial charge in [0.1, 0.15) is 0 Å². The van der Waals surface area contributed by atoms with Gasteiger partial charge in [-0.05, 0) is 43.5 Å². The predicted octanol–water partition coefficient (Wildman–Crippen LogP) is 3.75. The number of benzene rings is 2. The Balaban J connectivity index is 1.30. The number of carbonyl (C=O) groups excluding carboxylic acids is 1. The molecule has 1 aromatic heterocycles. The lowest BCUT2D eigenvalue weighted by Crippen LogP contribution is -2.34. The highest BCUT2D eigenvalue weighted by molar-refractivity contribution is 5.78. The van der Waals surface area contributed by atoms with E-state index in [2.05, 4.69) is 22.6 Å². The number of rotatable bonds is 7. The Morgan fingerprint density at radius 2 is 1.93 bits per heavy atom. The number of hydrogen-bond donors (Lipinski definition) is 1. The molecule has 3 aromatic rings. The van der Waals surface area contributed by atoms with Crippen molar-refractivity contribution in [1.29, 1.82) is 0 Å². The number of carbonyl (C=O) groups is 1. The summed E-state index contributed by atoms with van der Waals surface area (Å²) in [6.45, 7) is 2.24. The van der Waals surface area contributed by atoms with E-state index < -0.39 is 0 Å². The Kier molecular flexibility index (Phi) is 5.28. The van der Waals surface area contributed by atoms with E-state index in [1.165, 1.54) is 5.56 Å². The van der Waals surface area contributed by atoms with E-state index in [-0.39, 0.29) is 25.2 Å². The predicted molar refractivity (Wildman–Crippen MR) is 104 cm³/mol. The van der Waals surface area contributed by atoms with Gasteiger partial charge in [0.15, 0.2) is 17.3 Å². The quantitative estimate of drug-likeness (QED) is 0.678. The number of ether oxygens (including phenoxy) is 2. The molecule has 4 rings (SSSR count). The van der Waals surface area contributed by atoms with Crippen LogP contribution >= 0.6 is 0 Å². The van der Waals surface area contributed by atoms with E-state index in [0.29, 0.717) is 23.0 Å². The Labute approximate surface area is 163 Å². The van der Waals surface area contributed by atoms with Gasteiger partial charge in [-0.25, -0.2) is 0 Å². The molecule has 6 nitrogen and oxygen atoms in total. The van der Waals surface area contributed by atoms with Gasteiger partial charge in [0, 0.05) is 17.7 Å². The number of hydrogen-bond acceptors (Lipinski definition) is 5. The van der Waals surface area contributed by atoms with Crippen LogP contribution in [0.1, 0.15) is 24.6 Å². The van der Waals surface area contributed by atoms with Crippen molar-refractivity contribution in [2.45, 2.75) is 32.2 Å². The zero-order valence-electron chi connectivity index (χ0n) is 15.7. The smallest absolute Gasteiger partial charge is 0.231 e. The molecule has 0 spiro atoms. The summed E-state index contributed by atoms with van der Waals surface area (Å²) >= 11 is 0. The molecule has 0 radical (unpaired) electrons. The fraction of sp³-hybridized carbons (Fsp3) is 0.273. The van der Waals surface area contributed by atoms with Gasteiger partial charge in [0.25, 0.3) is 0 Å². The summed E-state index contributed by atoms with van der Waals surface area (Å²) in [7, 11) is 0. The highest BCUT2D eigenvalue weighted by Crippen LogP contribution is 2.36. The van der Waals surface area contributed by atoms with E-state index in [9.17, 15) is 4.79 Å². The lowest BCUT2D eigenvalue weighted by atomic mass is 10.1. The molecule has 28 heavy (non-hydrogen) atoms. The highest BCUT2D eigenvalue weighted by atomic mass is 16.7. The van der Waals surface area contributed by atoms with Gasteiger partial charge in [-0.1, -0.05) is 35.5 Å². The number of nitrogens with zero attached hydrogens (tertiary/aromatic N) is 1. The second-order valence-corrected chi connectivity index (χ2v) is 6.92. The molecule has 0 unspecified atom stereocenters. The summed E-state index contributed by atoms with van der Waals surface area (Å²) in [5.74, 6) is 1.93. The van der Waals surface area contributed by atoms with Gasteiger partial charge in [0.05, 0.1) is 12.1 Å². The van der Waals surface area contributed by atoms with Crippen molar-refractivity contribution in [3.8, 4) is 22.8 Å². The molecule has 0 saturated heterocycles. The van der Waals surface area contributed by atoms with Gasteiger partial charge < -0.3 is 19.3 Å². The summed E-state index contributed by atoms with van der Waals surface area (Å²) in [6, 6.07) is 17.7. The molecular formula is C22H22N2O4. The molecule has 6 heteroatoms. The average molecular weight is 378 g/mol. The summed E-state index contributed by atoms with van der Waals surface area (Å²) in [6.07, 6.45) is 2.00. The van der Waals surface area contributed by atoms with Crippen molar-refractivity contribution in [2.75, 3.05) is 6.79 Å². The molecule has 1 aliphatic heterocycles. The number of fused-ring (bicyclic) bond motifs is 1. The number of nitrogens with one attached hydrogen (secondary N) is 1. The molecule has 0 fully saturated rings. The summed E-state index contributed by atoms with van der Waals surface area (Å²) in [4.78, 5) is 12.3. The monoisotopic (exact) mass is 378 g/mol. The van der Waals surface area contributed by atoms with Crippen molar-refractivity contribution in [3.05, 3.63) is 65.9 Å². The van der Waals surface area contributed by atoms with Crippen LogP contribution in [0.5, 0.6) is 11.5 Å². The maximum Gasteiger partial charge on any atom is 0.231 e. The maximum atomic E-state index is 12.3. The average Bonchev–Trinajstić information content (AvgIpc) is 3.35. The van der Waals surface area contributed by atoms with Crippen molar-refractivity contribution in [2.24, 2.45) is 0 Å². The fourth-order valence-corrected chi connectivity index (χ4v) is 3.17. The van der Waals surface area contributed by atoms with Crippen molar-refractivity contribution in [3.63, 3.8) is 0 Å². The zero-order chi connectivity index (χ0) is 19.3. The van der Waals surface area contributed by atoms with E-state index in [0.717, 1.165) is 18.4 Å². The normalized spacial score (nSPS) is 13.3. The van der Waals surface area contributed by atoms with Crippen LogP contribution in [-0.2, 0) is 17.6 Å². The molecule has 1 amide bonds. The van der Waals surface area contributed by atoms with Crippen LogP contribution in [0.15, 0.2) is 59.1 Å². The molecule has 1 aliphatic rings. The standard InChI is InChI=1S/C22H22N2O4/c1-15(7-8-16-5-3-2-4-6-16)23-22(25)13-18-12-20(28-24-18)17-9-10-19-21(11-17)27-14-26-19/h2-6,9-12,15H,7-8,13-14H2,1H3,(H,23,25)/t15-/m1/s1. The van der Waals surface area contributed by atoms with Crippen LogP contribution in [0.3, 0.4) is 0 Å². The van der Waals surface area contributed by atoms with E-state index in [4.69, 9.17) is 14.0 Å². The largest absolute Gasteiger partial charge is 0.454 e. The minimum atomic E-state index is -0.0638. The van der Waals surface area contributed by atoms with Crippen LogP contribution in [0.4, 0.5) is 0 Å². The summed E-state index contributed by atoms with van der Waals surface area (Å²) in [5.41, 5.74) is 2.70. The Morgan fingerprint density at radius 3 is 2.79 bits per heavy atom. The van der Waals surface area contributed by atoms with Gasteiger partial charge in [-0.3, -0.25) is 4.79 Å². The third-order valence-electron chi connectivity index (χ3n) is 4.67. The maximum absolute atomic E-state index is 12.3. The Morgan fingerprint density at radius 1 is 1.11 bits per heavy atom. The molecular weight excluding hydrogens is 356 g/mol. The van der Waals surface area contributed by atoms with Crippen LogP contribution in [0.25, 0.3) is 11.3 Å². The Bertz CT molecular complexity index is 952. The highest BCUT2D eigenvalue weighted by Gasteiger charge is 2.17. The third kappa shape index (κ3) is 4.34. The second kappa shape index (κ2) is 8.17. The van der Waals surface area contributed by atoms with Crippen LogP contribution in [0, 0.1) is 0 Å².